The first-order chi connectivity index (χ1) is 12.2. The molecule has 0 atom stereocenters. The molecule has 0 aliphatic rings. The van der Waals surface area contributed by atoms with Crippen LogP contribution in [0, 0.1) is 6.92 Å². The predicted octanol–water partition coefficient (Wildman–Crippen LogP) is 4.13. The quantitative estimate of drug-likeness (QED) is 0.424. The van der Waals surface area contributed by atoms with Gasteiger partial charge in [-0.3, -0.25) is 10.4 Å². The smallest absolute Gasteiger partial charge is 0.191 e. The normalized spacial score (nSPS) is 11.0. The lowest BCUT2D eigenvalue weighted by Crippen LogP contribution is -2.25. The Morgan fingerprint density at radius 3 is 2.32 bits per heavy atom. The van der Waals surface area contributed by atoms with Gasteiger partial charge in [-0.1, -0.05) is 54.1 Å². The summed E-state index contributed by atoms with van der Waals surface area (Å²) >= 11 is 5.33. The van der Waals surface area contributed by atoms with Crippen LogP contribution in [0.15, 0.2) is 84.1 Å². The fourth-order valence-corrected chi connectivity index (χ4v) is 2.43. The number of hydrogen-bond donors (Lipinski definition) is 2. The monoisotopic (exact) mass is 346 g/mol. The summed E-state index contributed by atoms with van der Waals surface area (Å²) < 4.78 is 0. The number of aryl methyl sites for hydroxylation is 1. The minimum absolute atomic E-state index is 0.423. The van der Waals surface area contributed by atoms with Crippen LogP contribution in [-0.2, 0) is 0 Å². The van der Waals surface area contributed by atoms with Crippen LogP contribution in [0.4, 0.5) is 5.69 Å². The number of hydrogen-bond acceptors (Lipinski definition) is 3. The highest BCUT2D eigenvalue weighted by molar-refractivity contribution is 7.80. The molecule has 2 aromatic carbocycles. The molecule has 0 radical (unpaired) electrons. The third kappa shape index (κ3) is 4.71. The predicted molar refractivity (Wildman–Crippen MR) is 107 cm³/mol. The zero-order chi connectivity index (χ0) is 17.5. The van der Waals surface area contributed by atoms with Gasteiger partial charge in [0.15, 0.2) is 5.11 Å². The van der Waals surface area contributed by atoms with Crippen molar-refractivity contribution < 1.29 is 0 Å². The minimum atomic E-state index is 0.423. The Morgan fingerprint density at radius 2 is 1.64 bits per heavy atom. The first kappa shape index (κ1) is 16.8. The van der Waals surface area contributed by atoms with E-state index in [2.05, 4.69) is 27.8 Å². The summed E-state index contributed by atoms with van der Waals surface area (Å²) in [6.07, 6.45) is 1.75. The number of para-hydroxylation sites is 1. The molecule has 5 heteroatoms. The second kappa shape index (κ2) is 8.17. The number of anilines is 1. The second-order valence-corrected chi connectivity index (χ2v) is 5.88. The van der Waals surface area contributed by atoms with Crippen LogP contribution in [0.25, 0.3) is 0 Å². The summed E-state index contributed by atoms with van der Waals surface area (Å²) in [5, 5.41) is 8.02. The number of aromatic nitrogens is 1. The molecule has 0 fully saturated rings. The molecule has 25 heavy (non-hydrogen) atoms. The SMILES string of the molecule is Cc1ccc(/C(=N\NC(=S)Nc2ccccc2)c2ccccn2)cc1. The molecule has 0 saturated heterocycles. The summed E-state index contributed by atoms with van der Waals surface area (Å²) in [5.41, 5.74) is 7.50. The van der Waals surface area contributed by atoms with Gasteiger partial charge in [-0.15, -0.1) is 0 Å². The first-order valence-corrected chi connectivity index (χ1v) is 8.31. The molecule has 0 spiro atoms. The maximum absolute atomic E-state index is 5.33. The fourth-order valence-electron chi connectivity index (χ4n) is 2.27. The molecule has 1 heterocycles. The van der Waals surface area contributed by atoms with E-state index in [-0.39, 0.29) is 0 Å². The van der Waals surface area contributed by atoms with E-state index in [4.69, 9.17) is 12.2 Å². The van der Waals surface area contributed by atoms with Crippen LogP contribution in [0.1, 0.15) is 16.8 Å². The average molecular weight is 346 g/mol. The van der Waals surface area contributed by atoms with E-state index in [1.165, 1.54) is 5.56 Å². The molecule has 0 aliphatic heterocycles. The van der Waals surface area contributed by atoms with Gasteiger partial charge < -0.3 is 5.32 Å². The molecule has 0 saturated carbocycles. The number of thiocarbonyl (C=S) groups is 1. The number of rotatable bonds is 4. The van der Waals surface area contributed by atoms with E-state index in [1.54, 1.807) is 6.20 Å². The largest absolute Gasteiger partial charge is 0.331 e. The maximum atomic E-state index is 5.33. The van der Waals surface area contributed by atoms with Crippen molar-refractivity contribution in [2.45, 2.75) is 6.92 Å². The van der Waals surface area contributed by atoms with Gasteiger partial charge in [0.1, 0.15) is 5.71 Å². The minimum Gasteiger partial charge on any atom is -0.331 e. The lowest BCUT2D eigenvalue weighted by molar-refractivity contribution is 1.03. The molecule has 0 unspecified atom stereocenters. The number of pyridine rings is 1. The van der Waals surface area contributed by atoms with Gasteiger partial charge in [-0.05, 0) is 43.4 Å². The van der Waals surface area contributed by atoms with Gasteiger partial charge in [0.25, 0.3) is 0 Å². The standard InChI is InChI=1S/C20H18N4S/c1-15-10-12-16(13-11-15)19(18-9-5-6-14-21-18)23-24-20(25)22-17-7-3-2-4-8-17/h2-14H,1H3,(H2,22,24,25)/b23-19+. The highest BCUT2D eigenvalue weighted by Crippen LogP contribution is 2.10. The number of benzene rings is 2. The Morgan fingerprint density at radius 1 is 0.920 bits per heavy atom. The second-order valence-electron chi connectivity index (χ2n) is 5.47. The Balaban J connectivity index is 1.83. The van der Waals surface area contributed by atoms with Gasteiger partial charge in [0.2, 0.25) is 0 Å². The van der Waals surface area contributed by atoms with Crippen molar-refractivity contribution in [3.63, 3.8) is 0 Å². The van der Waals surface area contributed by atoms with Gasteiger partial charge >= 0.3 is 0 Å². The fraction of sp³-hybridized carbons (Fsp3) is 0.0500. The topological polar surface area (TPSA) is 49.3 Å². The zero-order valence-corrected chi connectivity index (χ0v) is 14.6. The summed E-state index contributed by atoms with van der Waals surface area (Å²) in [4.78, 5) is 4.41. The van der Waals surface area contributed by atoms with E-state index < -0.39 is 0 Å². The third-order valence-electron chi connectivity index (χ3n) is 3.53. The van der Waals surface area contributed by atoms with Crippen molar-refractivity contribution in [3.05, 3.63) is 95.8 Å². The van der Waals surface area contributed by atoms with E-state index in [0.29, 0.717) is 5.11 Å². The van der Waals surface area contributed by atoms with E-state index in [1.807, 2.05) is 72.8 Å². The molecule has 4 nitrogen and oxygen atoms in total. The third-order valence-corrected chi connectivity index (χ3v) is 3.73. The summed E-state index contributed by atoms with van der Waals surface area (Å²) in [5.74, 6) is 0. The summed E-state index contributed by atoms with van der Waals surface area (Å²) in [6, 6.07) is 23.6. The van der Waals surface area contributed by atoms with Gasteiger partial charge in [-0.25, -0.2) is 0 Å². The van der Waals surface area contributed by atoms with Crippen molar-refractivity contribution in [2.75, 3.05) is 5.32 Å². The summed E-state index contributed by atoms with van der Waals surface area (Å²) in [7, 11) is 0. The van der Waals surface area contributed by atoms with Crippen molar-refractivity contribution >= 4 is 28.7 Å². The van der Waals surface area contributed by atoms with Crippen LogP contribution >= 0.6 is 12.2 Å². The van der Waals surface area contributed by atoms with E-state index >= 15 is 0 Å². The van der Waals surface area contributed by atoms with Crippen LogP contribution in [0.2, 0.25) is 0 Å². The Bertz CT molecular complexity index is 859. The van der Waals surface area contributed by atoms with Crippen LogP contribution in [0.3, 0.4) is 0 Å². The van der Waals surface area contributed by atoms with Crippen LogP contribution in [-0.4, -0.2) is 15.8 Å². The number of hydrazone groups is 1. The van der Waals surface area contributed by atoms with Crippen LogP contribution < -0.4 is 10.7 Å². The zero-order valence-electron chi connectivity index (χ0n) is 13.8. The molecule has 0 aliphatic carbocycles. The number of nitrogens with one attached hydrogen (secondary N) is 2. The van der Waals surface area contributed by atoms with Gasteiger partial charge in [0.05, 0.1) is 5.69 Å². The van der Waals surface area contributed by atoms with E-state index in [9.17, 15) is 0 Å². The maximum Gasteiger partial charge on any atom is 0.191 e. The lowest BCUT2D eigenvalue weighted by Gasteiger charge is -2.10. The molecule has 3 rings (SSSR count). The molecule has 0 amide bonds. The molecular formula is C20H18N4S. The Labute approximate surface area is 152 Å². The van der Waals surface area contributed by atoms with Crippen LogP contribution in [0.5, 0.6) is 0 Å². The molecule has 0 bridgehead atoms. The average Bonchev–Trinajstić information content (AvgIpc) is 2.65. The molecule has 2 N–H and O–H groups in total. The lowest BCUT2D eigenvalue weighted by atomic mass is 10.1. The van der Waals surface area contributed by atoms with Gasteiger partial charge in [0, 0.05) is 17.4 Å². The van der Waals surface area contributed by atoms with E-state index in [0.717, 1.165) is 22.7 Å². The van der Waals surface area contributed by atoms with Crippen molar-refractivity contribution in [2.24, 2.45) is 5.10 Å². The Hall–Kier alpha value is -3.05. The molecular weight excluding hydrogens is 328 g/mol. The van der Waals surface area contributed by atoms with Gasteiger partial charge in [-0.2, -0.15) is 5.10 Å². The molecule has 1 aromatic heterocycles. The number of nitrogens with zero attached hydrogens (tertiary/aromatic N) is 2. The van der Waals surface area contributed by atoms with Crippen molar-refractivity contribution in [3.8, 4) is 0 Å². The molecule has 124 valence electrons. The highest BCUT2D eigenvalue weighted by Gasteiger charge is 2.08. The highest BCUT2D eigenvalue weighted by atomic mass is 32.1. The van der Waals surface area contributed by atoms with Crippen molar-refractivity contribution in [1.29, 1.82) is 0 Å². The molecule has 3 aromatic rings. The summed E-state index contributed by atoms with van der Waals surface area (Å²) in [6.45, 7) is 2.05. The Kier molecular flexibility index (Phi) is 5.49. The van der Waals surface area contributed by atoms with Crippen molar-refractivity contribution in [1.82, 2.24) is 10.4 Å². The first-order valence-electron chi connectivity index (χ1n) is 7.90.